The average Bonchev–Trinajstić information content (AvgIpc) is 3.61. The Morgan fingerprint density at radius 3 is 2.50 bits per heavy atom. The zero-order chi connectivity index (χ0) is 22.3. The third kappa shape index (κ3) is 3.84. The van der Waals surface area contributed by atoms with Crippen molar-refractivity contribution in [2.75, 3.05) is 12.4 Å². The van der Waals surface area contributed by atoms with E-state index in [1.807, 2.05) is 30.5 Å². The van der Waals surface area contributed by atoms with Crippen LogP contribution in [0.1, 0.15) is 44.1 Å². The zero-order valence-electron chi connectivity index (χ0n) is 18.2. The third-order valence-corrected chi connectivity index (χ3v) is 7.32. The number of nitrogens with zero attached hydrogens (tertiary/aromatic N) is 1. The number of carbonyl (C=O) groups excluding carboxylic acids is 1. The molecule has 3 aromatic rings. The molecule has 0 radical (unpaired) electrons. The molecule has 2 aromatic carbocycles. The van der Waals surface area contributed by atoms with E-state index in [4.69, 9.17) is 27.1 Å². The number of anilines is 1. The van der Waals surface area contributed by atoms with Gasteiger partial charge in [-0.25, -0.2) is 0 Å². The molecule has 2 fully saturated rings. The molecular formula is C26H28ClN3O2. The van der Waals surface area contributed by atoms with Crippen LogP contribution in [0.2, 0.25) is 5.02 Å². The number of rotatable bonds is 6. The number of fused-ring (bicyclic) bond motifs is 1. The van der Waals surface area contributed by atoms with Gasteiger partial charge in [-0.15, -0.1) is 0 Å². The van der Waals surface area contributed by atoms with Gasteiger partial charge in [0.05, 0.1) is 23.1 Å². The SMILES string of the molecule is COc1ccc(-c2ccc3ncc(C4(C=O)CC4)c(NC4CCC(N)CC4)c3c2)cc1Cl. The van der Waals surface area contributed by atoms with Crippen LogP contribution in [0, 0.1) is 0 Å². The number of carbonyl (C=O) groups is 1. The van der Waals surface area contributed by atoms with Crippen molar-refractivity contribution in [2.24, 2.45) is 5.73 Å². The predicted molar refractivity (Wildman–Crippen MR) is 130 cm³/mol. The number of pyridine rings is 1. The highest BCUT2D eigenvalue weighted by molar-refractivity contribution is 6.32. The van der Waals surface area contributed by atoms with E-state index in [9.17, 15) is 4.79 Å². The van der Waals surface area contributed by atoms with Crippen LogP contribution in [-0.2, 0) is 10.2 Å². The molecule has 5 nitrogen and oxygen atoms in total. The molecule has 0 saturated heterocycles. The normalized spacial score (nSPS) is 21.8. The van der Waals surface area contributed by atoms with Crippen LogP contribution in [0.3, 0.4) is 0 Å². The Morgan fingerprint density at radius 1 is 1.12 bits per heavy atom. The Labute approximate surface area is 193 Å². The first-order valence-electron chi connectivity index (χ1n) is 11.3. The molecule has 0 unspecified atom stereocenters. The second kappa shape index (κ2) is 8.38. The van der Waals surface area contributed by atoms with Crippen LogP contribution in [0.4, 0.5) is 5.69 Å². The summed E-state index contributed by atoms with van der Waals surface area (Å²) in [5.74, 6) is 0.652. The van der Waals surface area contributed by atoms with Gasteiger partial charge in [-0.2, -0.15) is 0 Å². The minimum absolute atomic E-state index is 0.290. The number of aldehydes is 1. The van der Waals surface area contributed by atoms with Gasteiger partial charge in [0.1, 0.15) is 12.0 Å². The van der Waals surface area contributed by atoms with Crippen molar-refractivity contribution in [3.05, 3.63) is 53.2 Å². The van der Waals surface area contributed by atoms with Crippen LogP contribution in [0.15, 0.2) is 42.6 Å². The van der Waals surface area contributed by atoms with E-state index in [1.54, 1.807) is 7.11 Å². The van der Waals surface area contributed by atoms with E-state index >= 15 is 0 Å². The first kappa shape index (κ1) is 21.2. The van der Waals surface area contributed by atoms with Gasteiger partial charge in [-0.05, 0) is 73.9 Å². The summed E-state index contributed by atoms with van der Waals surface area (Å²) >= 11 is 6.38. The molecule has 2 aliphatic carbocycles. The highest BCUT2D eigenvalue weighted by atomic mass is 35.5. The molecule has 0 bridgehead atoms. The van der Waals surface area contributed by atoms with Gasteiger partial charge in [-0.3, -0.25) is 4.98 Å². The van der Waals surface area contributed by atoms with E-state index in [1.165, 1.54) is 0 Å². The van der Waals surface area contributed by atoms with Crippen LogP contribution in [0.5, 0.6) is 5.75 Å². The fraction of sp³-hybridized carbons (Fsp3) is 0.385. The van der Waals surface area contributed by atoms with Crippen molar-refractivity contribution in [3.8, 4) is 16.9 Å². The summed E-state index contributed by atoms with van der Waals surface area (Å²) in [5, 5.41) is 5.41. The van der Waals surface area contributed by atoms with Crippen molar-refractivity contribution in [2.45, 2.75) is 56.0 Å². The maximum Gasteiger partial charge on any atom is 0.137 e. The van der Waals surface area contributed by atoms with Gasteiger partial charge < -0.3 is 20.6 Å². The fourth-order valence-electron chi connectivity index (χ4n) is 4.80. The summed E-state index contributed by atoms with van der Waals surface area (Å²) in [6.07, 6.45) is 8.85. The summed E-state index contributed by atoms with van der Waals surface area (Å²) in [5.41, 5.74) is 10.7. The number of hydrogen-bond donors (Lipinski definition) is 2. The Kier molecular flexibility index (Phi) is 5.56. The van der Waals surface area contributed by atoms with Crippen LogP contribution in [-0.4, -0.2) is 30.5 Å². The van der Waals surface area contributed by atoms with Crippen molar-refractivity contribution in [1.82, 2.24) is 4.98 Å². The molecule has 1 heterocycles. The number of nitrogens with two attached hydrogens (primary N) is 1. The second-order valence-electron chi connectivity index (χ2n) is 9.16. The summed E-state index contributed by atoms with van der Waals surface area (Å²) in [7, 11) is 1.61. The maximum absolute atomic E-state index is 12.0. The zero-order valence-corrected chi connectivity index (χ0v) is 19.0. The van der Waals surface area contributed by atoms with E-state index in [-0.39, 0.29) is 6.04 Å². The van der Waals surface area contributed by atoms with Crippen molar-refractivity contribution >= 4 is 34.5 Å². The molecule has 5 rings (SSSR count). The third-order valence-electron chi connectivity index (χ3n) is 7.02. The van der Waals surface area contributed by atoms with E-state index in [0.29, 0.717) is 16.8 Å². The van der Waals surface area contributed by atoms with Gasteiger partial charge in [-0.1, -0.05) is 23.7 Å². The van der Waals surface area contributed by atoms with Crippen LogP contribution >= 0.6 is 11.6 Å². The fourth-order valence-corrected chi connectivity index (χ4v) is 5.06. The smallest absolute Gasteiger partial charge is 0.137 e. The lowest BCUT2D eigenvalue weighted by atomic mass is 9.89. The molecule has 32 heavy (non-hydrogen) atoms. The molecule has 0 atom stereocenters. The summed E-state index contributed by atoms with van der Waals surface area (Å²) in [6, 6.07) is 12.7. The van der Waals surface area contributed by atoms with Crippen molar-refractivity contribution < 1.29 is 9.53 Å². The molecule has 2 saturated carbocycles. The molecule has 2 aliphatic rings. The van der Waals surface area contributed by atoms with Crippen LogP contribution in [0.25, 0.3) is 22.0 Å². The number of ether oxygens (including phenoxy) is 1. The highest BCUT2D eigenvalue weighted by Gasteiger charge is 2.46. The quantitative estimate of drug-likeness (QED) is 0.487. The Bertz CT molecular complexity index is 1170. The molecule has 0 spiro atoms. The second-order valence-corrected chi connectivity index (χ2v) is 9.57. The maximum atomic E-state index is 12.0. The lowest BCUT2D eigenvalue weighted by Crippen LogP contribution is -2.33. The standard InChI is InChI=1S/C26H28ClN3O2/c1-32-24-9-3-17(13-22(24)27)16-2-8-23-20(12-16)25(30-19-6-4-18(28)5-7-19)21(14-29-23)26(15-31)10-11-26/h2-3,8-9,12-15,18-19H,4-7,10-11,28H2,1H3,(H,29,30). The molecule has 6 heteroatoms. The lowest BCUT2D eigenvalue weighted by Gasteiger charge is -2.29. The number of aromatic nitrogens is 1. The Morgan fingerprint density at radius 2 is 1.84 bits per heavy atom. The average molecular weight is 450 g/mol. The highest BCUT2D eigenvalue weighted by Crippen LogP contribution is 2.50. The minimum atomic E-state index is -0.409. The van der Waals surface area contributed by atoms with Crippen molar-refractivity contribution in [3.63, 3.8) is 0 Å². The topological polar surface area (TPSA) is 77.2 Å². The van der Waals surface area contributed by atoms with E-state index in [2.05, 4.69) is 17.4 Å². The predicted octanol–water partition coefficient (Wildman–Crippen LogP) is 5.48. The lowest BCUT2D eigenvalue weighted by molar-refractivity contribution is -0.109. The number of halogens is 1. The number of methoxy groups -OCH3 is 1. The van der Waals surface area contributed by atoms with E-state index in [0.717, 1.165) is 78.1 Å². The number of nitrogens with one attached hydrogen (secondary N) is 1. The van der Waals surface area contributed by atoms with Crippen LogP contribution < -0.4 is 15.8 Å². The molecular weight excluding hydrogens is 422 g/mol. The minimum Gasteiger partial charge on any atom is -0.495 e. The Hall–Kier alpha value is -2.63. The van der Waals surface area contributed by atoms with Gasteiger partial charge >= 0.3 is 0 Å². The number of hydrogen-bond acceptors (Lipinski definition) is 5. The number of benzene rings is 2. The largest absolute Gasteiger partial charge is 0.495 e. The molecule has 1 aromatic heterocycles. The van der Waals surface area contributed by atoms with Gasteiger partial charge in [0, 0.05) is 34.9 Å². The molecule has 3 N–H and O–H groups in total. The molecule has 0 amide bonds. The first-order valence-corrected chi connectivity index (χ1v) is 11.7. The van der Waals surface area contributed by atoms with Gasteiger partial charge in [0.2, 0.25) is 0 Å². The monoisotopic (exact) mass is 449 g/mol. The summed E-state index contributed by atoms with van der Waals surface area (Å²) in [6.45, 7) is 0. The van der Waals surface area contributed by atoms with E-state index < -0.39 is 5.41 Å². The van der Waals surface area contributed by atoms with Crippen molar-refractivity contribution in [1.29, 1.82) is 0 Å². The van der Waals surface area contributed by atoms with Gasteiger partial charge in [0.25, 0.3) is 0 Å². The Balaban J connectivity index is 1.61. The summed E-state index contributed by atoms with van der Waals surface area (Å²) in [4.78, 5) is 16.7. The molecule has 166 valence electrons. The first-order chi connectivity index (χ1) is 15.5. The summed E-state index contributed by atoms with van der Waals surface area (Å²) < 4.78 is 5.30. The van der Waals surface area contributed by atoms with Gasteiger partial charge in [0.15, 0.2) is 0 Å². The molecule has 0 aliphatic heterocycles.